The first kappa shape index (κ1) is 25.6. The third-order valence-corrected chi connectivity index (χ3v) is 9.49. The number of amidine groups is 1. The van der Waals surface area contributed by atoms with Crippen LogP contribution in [0.4, 0.5) is 13.2 Å². The largest absolute Gasteiger partial charge is 0.470 e. The molecule has 0 amide bonds. The molecule has 1 aromatic carbocycles. The van der Waals surface area contributed by atoms with E-state index in [1.54, 1.807) is 32.9 Å². The van der Waals surface area contributed by atoms with Gasteiger partial charge in [0, 0.05) is 24.2 Å². The number of nitrogens with zero attached hydrogens (tertiary/aromatic N) is 5. The van der Waals surface area contributed by atoms with Gasteiger partial charge in [-0.05, 0) is 39.0 Å². The zero-order valence-electron chi connectivity index (χ0n) is 20.0. The summed E-state index contributed by atoms with van der Waals surface area (Å²) in [7, 11) is -1.39. The normalized spacial score (nSPS) is 23.4. The summed E-state index contributed by atoms with van der Waals surface area (Å²) in [5, 5.41) is 3.98. The van der Waals surface area contributed by atoms with Crippen molar-refractivity contribution in [3.05, 3.63) is 48.0 Å². The standard InChI is InChI=1S/C23H25F3N6O3S/c1-22(2)21(27)31-23(3,12-36(22,33)28-4)14-7-13(5-6-15(14)24)18-8-16(32-35-18)17-9-30-20(10-29-17)34-11-19(25)26/h5-10,19H,11-12H2,1-4H3,(H2,27,31)/t23-,36?/m0/s1. The van der Waals surface area contributed by atoms with E-state index in [1.807, 2.05) is 0 Å². The third kappa shape index (κ3) is 4.54. The fourth-order valence-electron chi connectivity index (χ4n) is 3.88. The molecule has 0 bridgehead atoms. The van der Waals surface area contributed by atoms with Crippen molar-refractivity contribution in [3.8, 4) is 28.6 Å². The van der Waals surface area contributed by atoms with Crippen molar-refractivity contribution < 1.29 is 26.6 Å². The molecule has 1 aliphatic heterocycles. The first-order chi connectivity index (χ1) is 16.9. The molecular weight excluding hydrogens is 497 g/mol. The Hall–Kier alpha value is -3.48. The molecule has 2 atom stereocenters. The summed E-state index contributed by atoms with van der Waals surface area (Å²) in [5.41, 5.74) is 6.29. The van der Waals surface area contributed by atoms with E-state index >= 15 is 4.39 Å². The molecule has 0 aliphatic carbocycles. The summed E-state index contributed by atoms with van der Waals surface area (Å²) in [6.45, 7) is 4.30. The zero-order chi connectivity index (χ0) is 26.3. The molecule has 0 saturated heterocycles. The summed E-state index contributed by atoms with van der Waals surface area (Å²) in [4.78, 5) is 12.6. The van der Waals surface area contributed by atoms with Crippen molar-refractivity contribution in [1.29, 1.82) is 0 Å². The van der Waals surface area contributed by atoms with Gasteiger partial charge < -0.3 is 15.0 Å². The first-order valence-electron chi connectivity index (χ1n) is 10.9. The van der Waals surface area contributed by atoms with Crippen LogP contribution in [0.3, 0.4) is 0 Å². The molecule has 9 nitrogen and oxygen atoms in total. The van der Waals surface area contributed by atoms with Crippen LogP contribution in [0.25, 0.3) is 22.7 Å². The molecular formula is C23H25F3N6O3S. The van der Waals surface area contributed by atoms with Crippen molar-refractivity contribution in [2.24, 2.45) is 15.1 Å². The molecule has 36 heavy (non-hydrogen) atoms. The van der Waals surface area contributed by atoms with Crippen molar-refractivity contribution in [2.45, 2.75) is 37.5 Å². The highest BCUT2D eigenvalue weighted by atomic mass is 32.2. The van der Waals surface area contributed by atoms with E-state index in [4.69, 9.17) is 15.0 Å². The minimum Gasteiger partial charge on any atom is -0.470 e. The van der Waals surface area contributed by atoms with Gasteiger partial charge in [0.15, 0.2) is 12.4 Å². The molecule has 1 aliphatic rings. The van der Waals surface area contributed by atoms with Crippen LogP contribution in [-0.4, -0.2) is 55.7 Å². The van der Waals surface area contributed by atoms with Crippen LogP contribution in [0.5, 0.6) is 5.88 Å². The predicted molar refractivity (Wildman–Crippen MR) is 129 cm³/mol. The number of ether oxygens (including phenoxy) is 1. The Balaban J connectivity index is 1.67. The van der Waals surface area contributed by atoms with Crippen LogP contribution in [0.2, 0.25) is 0 Å². The lowest BCUT2D eigenvalue weighted by atomic mass is 9.91. The summed E-state index contributed by atoms with van der Waals surface area (Å²) >= 11 is 0. The number of hydrogen-bond donors (Lipinski definition) is 1. The molecule has 1 unspecified atom stereocenters. The van der Waals surface area contributed by atoms with E-state index in [1.165, 1.54) is 31.6 Å². The third-order valence-electron chi connectivity index (χ3n) is 6.14. The molecule has 3 heterocycles. The minimum absolute atomic E-state index is 0.0121. The second-order valence-electron chi connectivity index (χ2n) is 8.96. The summed E-state index contributed by atoms with van der Waals surface area (Å²) < 4.78 is 66.7. The van der Waals surface area contributed by atoms with Gasteiger partial charge in [-0.3, -0.25) is 4.99 Å². The molecule has 0 radical (unpaired) electrons. The van der Waals surface area contributed by atoms with Gasteiger partial charge in [0.2, 0.25) is 5.88 Å². The van der Waals surface area contributed by atoms with Crippen LogP contribution in [0, 0.1) is 5.82 Å². The molecule has 0 saturated carbocycles. The summed E-state index contributed by atoms with van der Waals surface area (Å²) in [6.07, 6.45) is -0.116. The highest BCUT2D eigenvalue weighted by Gasteiger charge is 2.47. The van der Waals surface area contributed by atoms with E-state index in [2.05, 4.69) is 24.5 Å². The lowest BCUT2D eigenvalue weighted by molar-refractivity contribution is 0.0794. The maximum Gasteiger partial charge on any atom is 0.272 e. The Morgan fingerprint density at radius 2 is 1.94 bits per heavy atom. The van der Waals surface area contributed by atoms with E-state index < -0.39 is 38.9 Å². The van der Waals surface area contributed by atoms with Gasteiger partial charge >= 0.3 is 0 Å². The number of halogens is 3. The van der Waals surface area contributed by atoms with Gasteiger partial charge in [-0.2, -0.15) is 0 Å². The van der Waals surface area contributed by atoms with Gasteiger partial charge in [0.25, 0.3) is 6.43 Å². The fraction of sp³-hybridized carbons (Fsp3) is 0.391. The quantitative estimate of drug-likeness (QED) is 0.517. The summed E-state index contributed by atoms with van der Waals surface area (Å²) in [5.74, 6) is -0.158. The SMILES string of the molecule is CN=S1(=O)C[C@@](C)(c2cc(-c3cc(-c4cnc(OCC(F)F)cn4)no3)ccc2F)N=C(N)C1(C)C. The topological polar surface area (TPSA) is 129 Å². The number of aromatic nitrogens is 3. The predicted octanol–water partition coefficient (Wildman–Crippen LogP) is 4.04. The maximum atomic E-state index is 15.1. The minimum atomic E-state index is -2.85. The highest BCUT2D eigenvalue weighted by molar-refractivity contribution is 7.95. The molecule has 3 aromatic rings. The monoisotopic (exact) mass is 522 g/mol. The average molecular weight is 523 g/mol. The molecule has 0 fully saturated rings. The maximum absolute atomic E-state index is 15.1. The smallest absolute Gasteiger partial charge is 0.272 e. The molecule has 0 spiro atoms. The molecule has 13 heteroatoms. The molecule has 4 rings (SSSR count). The van der Waals surface area contributed by atoms with E-state index in [9.17, 15) is 13.0 Å². The second-order valence-corrected chi connectivity index (χ2v) is 11.9. The van der Waals surface area contributed by atoms with Crippen molar-refractivity contribution in [1.82, 2.24) is 15.1 Å². The van der Waals surface area contributed by atoms with Gasteiger partial charge in [-0.1, -0.05) is 5.16 Å². The molecule has 2 N–H and O–H groups in total. The number of hydrogen-bond acceptors (Lipinski definition) is 9. The Kier molecular flexibility index (Phi) is 6.54. The van der Waals surface area contributed by atoms with E-state index in [0.717, 1.165) is 0 Å². The number of nitrogens with two attached hydrogens (primary N) is 1. The number of benzene rings is 1. The van der Waals surface area contributed by atoms with Crippen LogP contribution in [-0.2, 0) is 15.3 Å². The number of aliphatic imine (C=N–C) groups is 1. The Morgan fingerprint density at radius 1 is 1.19 bits per heavy atom. The van der Waals surface area contributed by atoms with Gasteiger partial charge in [0.1, 0.15) is 33.3 Å². The fourth-order valence-corrected chi connectivity index (χ4v) is 6.18. The Morgan fingerprint density at radius 3 is 2.58 bits per heavy atom. The van der Waals surface area contributed by atoms with Crippen LogP contribution < -0.4 is 10.5 Å². The van der Waals surface area contributed by atoms with Gasteiger partial charge in [0.05, 0.1) is 27.9 Å². The van der Waals surface area contributed by atoms with E-state index in [0.29, 0.717) is 22.7 Å². The van der Waals surface area contributed by atoms with Crippen LogP contribution in [0.1, 0.15) is 26.3 Å². The lowest BCUT2D eigenvalue weighted by Crippen LogP contribution is -2.54. The Labute approximate surface area is 206 Å². The molecule has 2 aromatic heterocycles. The van der Waals surface area contributed by atoms with Crippen molar-refractivity contribution in [3.63, 3.8) is 0 Å². The van der Waals surface area contributed by atoms with Crippen molar-refractivity contribution >= 4 is 15.6 Å². The zero-order valence-corrected chi connectivity index (χ0v) is 20.9. The van der Waals surface area contributed by atoms with E-state index in [-0.39, 0.29) is 23.0 Å². The first-order valence-corrected chi connectivity index (χ1v) is 12.6. The van der Waals surface area contributed by atoms with Gasteiger partial charge in [-0.15, -0.1) is 0 Å². The number of alkyl halides is 2. The van der Waals surface area contributed by atoms with Gasteiger partial charge in [-0.25, -0.2) is 31.7 Å². The molecule has 192 valence electrons. The Bertz CT molecular complexity index is 1430. The van der Waals surface area contributed by atoms with Crippen molar-refractivity contribution in [2.75, 3.05) is 19.4 Å². The average Bonchev–Trinajstić information content (AvgIpc) is 3.32. The van der Waals surface area contributed by atoms with Crippen LogP contribution in [0.15, 0.2) is 50.5 Å². The second kappa shape index (κ2) is 9.19. The number of rotatable bonds is 6. The highest BCUT2D eigenvalue weighted by Crippen LogP contribution is 2.40. The van der Waals surface area contributed by atoms with Crippen LogP contribution >= 0.6 is 0 Å². The lowest BCUT2D eigenvalue weighted by Gasteiger charge is -2.40. The summed E-state index contributed by atoms with van der Waals surface area (Å²) in [6, 6.07) is 5.91.